The van der Waals surface area contributed by atoms with E-state index in [1.165, 1.54) is 33.0 Å². The average molecular weight is 539 g/mol. The Morgan fingerprint density at radius 3 is 1.90 bits per heavy atom. The molecule has 0 fully saturated rings. The number of anilines is 3. The molecule has 0 saturated carbocycles. The normalized spacial score (nSPS) is 11.3. The highest BCUT2D eigenvalue weighted by atomic mass is 16.3. The van der Waals surface area contributed by atoms with Crippen molar-refractivity contribution < 1.29 is 4.42 Å². The van der Waals surface area contributed by atoms with Gasteiger partial charge in [-0.05, 0) is 87.6 Å². The van der Waals surface area contributed by atoms with Crippen molar-refractivity contribution >= 4 is 49.9 Å². The van der Waals surface area contributed by atoms with Crippen molar-refractivity contribution in [1.82, 2.24) is 4.98 Å². The van der Waals surface area contributed by atoms with Gasteiger partial charge in [0.15, 0.2) is 0 Å². The molecule has 0 radical (unpaired) electrons. The largest absolute Gasteiger partial charge is 0.438 e. The molecule has 3 heteroatoms. The van der Waals surface area contributed by atoms with Crippen LogP contribution in [0.25, 0.3) is 55.1 Å². The van der Waals surface area contributed by atoms with Crippen molar-refractivity contribution in [2.45, 2.75) is 0 Å². The van der Waals surface area contributed by atoms with Gasteiger partial charge in [-0.1, -0.05) is 97.1 Å². The maximum Gasteiger partial charge on any atom is 0.227 e. The van der Waals surface area contributed by atoms with Crippen molar-refractivity contribution in [2.24, 2.45) is 0 Å². The summed E-state index contributed by atoms with van der Waals surface area (Å²) in [7, 11) is 0. The summed E-state index contributed by atoms with van der Waals surface area (Å²) in [4.78, 5) is 6.82. The average Bonchev–Trinajstić information content (AvgIpc) is 3.45. The molecule has 0 aliphatic carbocycles. The predicted molar refractivity (Wildman–Crippen MR) is 175 cm³/mol. The number of pyridine rings is 1. The molecule has 0 spiro atoms. The number of rotatable bonds is 5. The Kier molecular flexibility index (Phi) is 5.79. The lowest BCUT2D eigenvalue weighted by molar-refractivity contribution is 0.654. The summed E-state index contributed by atoms with van der Waals surface area (Å²) in [6.07, 6.45) is 1.78. The van der Waals surface area contributed by atoms with Gasteiger partial charge < -0.3 is 9.32 Å². The number of hydrogen-bond acceptors (Lipinski definition) is 3. The van der Waals surface area contributed by atoms with Crippen LogP contribution in [0.3, 0.4) is 0 Å². The zero-order valence-electron chi connectivity index (χ0n) is 22.8. The lowest BCUT2D eigenvalue weighted by Gasteiger charge is -2.27. The van der Waals surface area contributed by atoms with Gasteiger partial charge in [-0.3, -0.25) is 0 Å². The smallest absolute Gasteiger partial charge is 0.227 e. The number of fused-ring (bicyclic) bond motifs is 4. The lowest BCUT2D eigenvalue weighted by Crippen LogP contribution is -2.10. The monoisotopic (exact) mass is 538 g/mol. The minimum atomic E-state index is 0.645. The fourth-order valence-electron chi connectivity index (χ4n) is 5.87. The Morgan fingerprint density at radius 1 is 0.476 bits per heavy atom. The van der Waals surface area contributed by atoms with E-state index in [4.69, 9.17) is 4.42 Å². The third-order valence-electron chi connectivity index (χ3n) is 7.91. The van der Waals surface area contributed by atoms with Crippen LogP contribution < -0.4 is 4.90 Å². The summed E-state index contributed by atoms with van der Waals surface area (Å²) >= 11 is 0. The van der Waals surface area contributed by atoms with Crippen LogP contribution in [-0.2, 0) is 0 Å². The molecule has 0 bridgehead atoms. The molecule has 0 amide bonds. The highest BCUT2D eigenvalue weighted by Crippen LogP contribution is 2.43. The standard InChI is InChI=1S/C39H26N2O/c1-3-9-27(10-4-1)29-18-21-33(22-19-29)41(36-14-7-15-37-38(36)35-13-8-24-40-39(35)42-37)34-23-20-31-25-30(16-17-32(31)26-34)28-11-5-2-6-12-28/h1-26H. The fraction of sp³-hybridized carbons (Fsp3) is 0. The number of benzene rings is 6. The van der Waals surface area contributed by atoms with E-state index < -0.39 is 0 Å². The SMILES string of the molecule is c1ccc(-c2ccc(N(c3ccc4cc(-c5ccccc5)ccc4c3)c3cccc4oc5ncccc5c34)cc2)cc1. The van der Waals surface area contributed by atoms with Gasteiger partial charge in [0.05, 0.1) is 16.5 Å². The Hall–Kier alpha value is -5.67. The first-order valence-electron chi connectivity index (χ1n) is 14.1. The topological polar surface area (TPSA) is 29.3 Å². The summed E-state index contributed by atoms with van der Waals surface area (Å²) in [5.41, 5.74) is 9.47. The zero-order chi connectivity index (χ0) is 27.9. The van der Waals surface area contributed by atoms with Gasteiger partial charge in [0.25, 0.3) is 0 Å². The van der Waals surface area contributed by atoms with Gasteiger partial charge in [-0.2, -0.15) is 0 Å². The first kappa shape index (κ1) is 24.2. The number of hydrogen-bond donors (Lipinski definition) is 0. The van der Waals surface area contributed by atoms with Gasteiger partial charge >= 0.3 is 0 Å². The van der Waals surface area contributed by atoms with E-state index in [-0.39, 0.29) is 0 Å². The van der Waals surface area contributed by atoms with Gasteiger partial charge in [0.1, 0.15) is 5.58 Å². The summed E-state index contributed by atoms with van der Waals surface area (Å²) in [5.74, 6) is 0. The van der Waals surface area contributed by atoms with Crippen molar-refractivity contribution in [3.63, 3.8) is 0 Å². The molecule has 0 N–H and O–H groups in total. The van der Waals surface area contributed by atoms with Crippen molar-refractivity contribution in [3.8, 4) is 22.3 Å². The zero-order valence-corrected chi connectivity index (χ0v) is 22.8. The summed E-state index contributed by atoms with van der Waals surface area (Å²) in [6.45, 7) is 0. The second-order valence-electron chi connectivity index (χ2n) is 10.5. The second-order valence-corrected chi connectivity index (χ2v) is 10.5. The molecule has 6 aromatic carbocycles. The van der Waals surface area contributed by atoms with Gasteiger partial charge in [-0.15, -0.1) is 0 Å². The van der Waals surface area contributed by atoms with E-state index in [9.17, 15) is 0 Å². The van der Waals surface area contributed by atoms with Crippen LogP contribution in [0.15, 0.2) is 162 Å². The summed E-state index contributed by atoms with van der Waals surface area (Å²) < 4.78 is 6.18. The predicted octanol–water partition coefficient (Wildman–Crippen LogP) is 10.9. The van der Waals surface area contributed by atoms with Gasteiger partial charge in [-0.25, -0.2) is 4.98 Å². The van der Waals surface area contributed by atoms with Crippen LogP contribution >= 0.6 is 0 Å². The molecule has 0 aliphatic rings. The van der Waals surface area contributed by atoms with E-state index >= 15 is 0 Å². The van der Waals surface area contributed by atoms with E-state index in [0.29, 0.717) is 5.71 Å². The quantitative estimate of drug-likeness (QED) is 0.218. The highest BCUT2D eigenvalue weighted by molar-refractivity contribution is 6.12. The maximum atomic E-state index is 6.18. The Balaban J connectivity index is 1.31. The molecule has 3 nitrogen and oxygen atoms in total. The highest BCUT2D eigenvalue weighted by Gasteiger charge is 2.20. The summed E-state index contributed by atoms with van der Waals surface area (Å²) in [6, 6.07) is 53.5. The minimum absolute atomic E-state index is 0.645. The van der Waals surface area contributed by atoms with Crippen LogP contribution in [0.5, 0.6) is 0 Å². The van der Waals surface area contributed by atoms with Crippen LogP contribution in [0.1, 0.15) is 0 Å². The molecule has 198 valence electrons. The Labute approximate surface area is 243 Å². The van der Waals surface area contributed by atoms with Crippen LogP contribution in [-0.4, -0.2) is 4.98 Å². The second kappa shape index (κ2) is 10.1. The molecule has 0 atom stereocenters. The van der Waals surface area contributed by atoms with Crippen molar-refractivity contribution in [2.75, 3.05) is 4.90 Å². The maximum absolute atomic E-state index is 6.18. The number of furan rings is 1. The molecule has 0 unspecified atom stereocenters. The van der Waals surface area contributed by atoms with Gasteiger partial charge in [0, 0.05) is 17.6 Å². The van der Waals surface area contributed by atoms with E-state index in [1.807, 2.05) is 18.2 Å². The molecule has 2 aromatic heterocycles. The third kappa shape index (κ3) is 4.20. The minimum Gasteiger partial charge on any atom is -0.438 e. The fourth-order valence-corrected chi connectivity index (χ4v) is 5.87. The van der Waals surface area contributed by atoms with E-state index in [0.717, 1.165) is 33.4 Å². The third-order valence-corrected chi connectivity index (χ3v) is 7.91. The van der Waals surface area contributed by atoms with Crippen LogP contribution in [0.2, 0.25) is 0 Å². The number of aromatic nitrogens is 1. The molecule has 0 saturated heterocycles. The van der Waals surface area contributed by atoms with Crippen LogP contribution in [0, 0.1) is 0 Å². The molecular formula is C39H26N2O. The molecule has 42 heavy (non-hydrogen) atoms. The lowest BCUT2D eigenvalue weighted by atomic mass is 10.00. The molecule has 2 heterocycles. The van der Waals surface area contributed by atoms with Crippen LogP contribution in [0.4, 0.5) is 17.1 Å². The summed E-state index contributed by atoms with van der Waals surface area (Å²) in [5, 5.41) is 4.44. The Morgan fingerprint density at radius 2 is 1.12 bits per heavy atom. The van der Waals surface area contributed by atoms with Crippen molar-refractivity contribution in [1.29, 1.82) is 0 Å². The van der Waals surface area contributed by atoms with E-state index in [2.05, 4.69) is 143 Å². The first-order valence-corrected chi connectivity index (χ1v) is 14.1. The number of nitrogens with zero attached hydrogens (tertiary/aromatic N) is 2. The van der Waals surface area contributed by atoms with Gasteiger partial charge in [0.2, 0.25) is 5.71 Å². The van der Waals surface area contributed by atoms with Crippen molar-refractivity contribution in [3.05, 3.63) is 158 Å². The molecule has 0 aliphatic heterocycles. The first-order chi connectivity index (χ1) is 20.8. The molecular weight excluding hydrogens is 512 g/mol. The van der Waals surface area contributed by atoms with E-state index in [1.54, 1.807) is 6.20 Å². The molecule has 8 aromatic rings. The Bertz CT molecular complexity index is 2180. The molecule has 8 rings (SSSR count).